The quantitative estimate of drug-likeness (QED) is 0.427. The summed E-state index contributed by atoms with van der Waals surface area (Å²) in [5.74, 6) is 2.58. The van der Waals surface area contributed by atoms with Gasteiger partial charge in [0, 0.05) is 6.42 Å². The van der Waals surface area contributed by atoms with Gasteiger partial charge in [0.25, 0.3) is 0 Å². The van der Waals surface area contributed by atoms with Gasteiger partial charge >= 0.3 is 0 Å². The van der Waals surface area contributed by atoms with E-state index < -0.39 is 0 Å². The van der Waals surface area contributed by atoms with Crippen LogP contribution >= 0.6 is 0 Å². The van der Waals surface area contributed by atoms with Crippen LogP contribution in [0.1, 0.15) is 32.1 Å². The molecule has 0 radical (unpaired) electrons. The fourth-order valence-electron chi connectivity index (χ4n) is 1.10. The molecule has 0 aromatic rings. The SMILES string of the molecule is C#CCCCC1(C#N)CC1. The largest absolute Gasteiger partial charge is 0.198 e. The molecule has 1 aliphatic rings. The minimum absolute atomic E-state index is 0.0524. The Morgan fingerprint density at radius 3 is 2.60 bits per heavy atom. The molecular formula is C9H11N. The lowest BCUT2D eigenvalue weighted by molar-refractivity contribution is 0.571. The van der Waals surface area contributed by atoms with Crippen molar-refractivity contribution in [1.82, 2.24) is 0 Å². The van der Waals surface area contributed by atoms with Crippen molar-refractivity contribution >= 4 is 0 Å². The molecule has 1 saturated carbocycles. The second kappa shape index (κ2) is 2.76. The summed E-state index contributed by atoms with van der Waals surface area (Å²) in [6.45, 7) is 0. The van der Waals surface area contributed by atoms with Crippen LogP contribution in [0, 0.1) is 29.1 Å². The van der Waals surface area contributed by atoms with Crippen molar-refractivity contribution in [2.24, 2.45) is 5.41 Å². The Labute approximate surface area is 62.0 Å². The first-order chi connectivity index (χ1) is 4.83. The number of unbranched alkanes of at least 4 members (excludes halogenated alkanes) is 1. The van der Waals surface area contributed by atoms with E-state index >= 15 is 0 Å². The molecule has 0 saturated heterocycles. The molecule has 52 valence electrons. The highest BCUT2D eigenvalue weighted by Crippen LogP contribution is 2.48. The van der Waals surface area contributed by atoms with Crippen LogP contribution in [0.4, 0.5) is 0 Å². The van der Waals surface area contributed by atoms with Gasteiger partial charge in [0.1, 0.15) is 0 Å². The lowest BCUT2D eigenvalue weighted by Crippen LogP contribution is -1.94. The molecule has 0 amide bonds. The molecule has 0 heterocycles. The minimum atomic E-state index is 0.0524. The normalized spacial score (nSPS) is 19.0. The molecule has 0 aromatic heterocycles. The van der Waals surface area contributed by atoms with E-state index in [4.69, 9.17) is 11.7 Å². The van der Waals surface area contributed by atoms with Crippen LogP contribution in [-0.4, -0.2) is 0 Å². The predicted molar refractivity (Wildman–Crippen MR) is 40.0 cm³/mol. The highest BCUT2D eigenvalue weighted by Gasteiger charge is 2.41. The highest BCUT2D eigenvalue weighted by molar-refractivity contribution is 5.09. The second-order valence-electron chi connectivity index (χ2n) is 2.95. The molecule has 1 heteroatoms. The van der Waals surface area contributed by atoms with Crippen molar-refractivity contribution in [3.63, 3.8) is 0 Å². The van der Waals surface area contributed by atoms with E-state index in [1.54, 1.807) is 0 Å². The summed E-state index contributed by atoms with van der Waals surface area (Å²) in [5, 5.41) is 8.65. The fourth-order valence-corrected chi connectivity index (χ4v) is 1.10. The molecule has 10 heavy (non-hydrogen) atoms. The number of terminal acetylenes is 1. The molecule has 0 aliphatic heterocycles. The van der Waals surface area contributed by atoms with E-state index in [1.165, 1.54) is 0 Å². The first-order valence-electron chi connectivity index (χ1n) is 3.68. The molecule has 0 unspecified atom stereocenters. The summed E-state index contributed by atoms with van der Waals surface area (Å²) in [5.41, 5.74) is 0.0524. The highest BCUT2D eigenvalue weighted by atomic mass is 14.5. The molecule has 0 atom stereocenters. The smallest absolute Gasteiger partial charge is 0.0689 e. The lowest BCUT2D eigenvalue weighted by atomic mass is 10.0. The average molecular weight is 133 g/mol. The number of nitrogens with zero attached hydrogens (tertiary/aromatic N) is 1. The average Bonchev–Trinajstić information content (AvgIpc) is 2.70. The van der Waals surface area contributed by atoms with Crippen molar-refractivity contribution in [3.8, 4) is 18.4 Å². The molecule has 0 aromatic carbocycles. The number of nitriles is 1. The summed E-state index contributed by atoms with van der Waals surface area (Å²) >= 11 is 0. The van der Waals surface area contributed by atoms with Gasteiger partial charge in [0.05, 0.1) is 11.5 Å². The van der Waals surface area contributed by atoms with Crippen molar-refractivity contribution in [2.75, 3.05) is 0 Å². The first-order valence-corrected chi connectivity index (χ1v) is 3.68. The van der Waals surface area contributed by atoms with Gasteiger partial charge in [-0.25, -0.2) is 0 Å². The predicted octanol–water partition coefficient (Wildman–Crippen LogP) is 2.09. The van der Waals surface area contributed by atoms with E-state index in [1.807, 2.05) is 0 Å². The molecular weight excluding hydrogens is 122 g/mol. The Hall–Kier alpha value is -0.950. The monoisotopic (exact) mass is 133 g/mol. The molecule has 1 nitrogen and oxygen atoms in total. The van der Waals surface area contributed by atoms with Gasteiger partial charge in [0.2, 0.25) is 0 Å². The standard InChI is InChI=1S/C9H11N/c1-2-3-4-5-9(8-10)6-7-9/h1H,3-7H2. The molecule has 1 fully saturated rings. The van der Waals surface area contributed by atoms with Crippen LogP contribution in [0.3, 0.4) is 0 Å². The maximum absolute atomic E-state index is 8.65. The summed E-state index contributed by atoms with van der Waals surface area (Å²) in [7, 11) is 0. The maximum Gasteiger partial charge on any atom is 0.0689 e. The van der Waals surface area contributed by atoms with Crippen LogP contribution < -0.4 is 0 Å². The topological polar surface area (TPSA) is 23.8 Å². The van der Waals surface area contributed by atoms with E-state index in [9.17, 15) is 0 Å². The zero-order valence-corrected chi connectivity index (χ0v) is 6.06. The van der Waals surface area contributed by atoms with Crippen LogP contribution in [-0.2, 0) is 0 Å². The van der Waals surface area contributed by atoms with Crippen LogP contribution in [0.5, 0.6) is 0 Å². The number of rotatable bonds is 3. The molecule has 1 aliphatic carbocycles. The van der Waals surface area contributed by atoms with Crippen molar-refractivity contribution < 1.29 is 0 Å². The minimum Gasteiger partial charge on any atom is -0.198 e. The lowest BCUT2D eigenvalue weighted by Gasteiger charge is -2.00. The Morgan fingerprint density at radius 1 is 1.50 bits per heavy atom. The van der Waals surface area contributed by atoms with E-state index in [2.05, 4.69) is 12.0 Å². The second-order valence-corrected chi connectivity index (χ2v) is 2.95. The van der Waals surface area contributed by atoms with E-state index in [0.717, 1.165) is 32.1 Å². The number of hydrogen-bond donors (Lipinski definition) is 0. The van der Waals surface area contributed by atoms with Crippen molar-refractivity contribution in [1.29, 1.82) is 5.26 Å². The van der Waals surface area contributed by atoms with Gasteiger partial charge in [0.15, 0.2) is 0 Å². The summed E-state index contributed by atoms with van der Waals surface area (Å²) in [6.07, 6.45) is 10.1. The van der Waals surface area contributed by atoms with E-state index in [-0.39, 0.29) is 5.41 Å². The van der Waals surface area contributed by atoms with Gasteiger partial charge < -0.3 is 0 Å². The maximum atomic E-state index is 8.65. The summed E-state index contributed by atoms with van der Waals surface area (Å²) in [6, 6.07) is 2.34. The van der Waals surface area contributed by atoms with Gasteiger partial charge in [-0.1, -0.05) is 0 Å². The van der Waals surface area contributed by atoms with E-state index in [0.29, 0.717) is 0 Å². The third-order valence-corrected chi connectivity index (χ3v) is 2.07. The summed E-state index contributed by atoms with van der Waals surface area (Å²) in [4.78, 5) is 0. The third kappa shape index (κ3) is 1.52. The fraction of sp³-hybridized carbons (Fsp3) is 0.667. The van der Waals surface area contributed by atoms with Crippen LogP contribution in [0.25, 0.3) is 0 Å². The van der Waals surface area contributed by atoms with Gasteiger partial charge in [-0.3, -0.25) is 0 Å². The zero-order chi connectivity index (χ0) is 7.45. The first kappa shape index (κ1) is 7.16. The molecule has 1 rings (SSSR count). The van der Waals surface area contributed by atoms with Crippen molar-refractivity contribution in [2.45, 2.75) is 32.1 Å². The van der Waals surface area contributed by atoms with Crippen molar-refractivity contribution in [3.05, 3.63) is 0 Å². The van der Waals surface area contributed by atoms with Gasteiger partial charge in [-0.2, -0.15) is 5.26 Å². The Balaban J connectivity index is 2.16. The summed E-state index contributed by atoms with van der Waals surface area (Å²) < 4.78 is 0. The Kier molecular flexibility index (Phi) is 1.97. The molecule has 0 spiro atoms. The molecule has 0 N–H and O–H groups in total. The Bertz CT molecular complexity index is 188. The van der Waals surface area contributed by atoms with Gasteiger partial charge in [-0.05, 0) is 25.7 Å². The van der Waals surface area contributed by atoms with Crippen LogP contribution in [0.15, 0.2) is 0 Å². The third-order valence-electron chi connectivity index (χ3n) is 2.07. The van der Waals surface area contributed by atoms with Gasteiger partial charge in [-0.15, -0.1) is 12.3 Å². The zero-order valence-electron chi connectivity index (χ0n) is 6.06. The van der Waals surface area contributed by atoms with Crippen LogP contribution in [0.2, 0.25) is 0 Å². The number of hydrogen-bond acceptors (Lipinski definition) is 1. The molecule has 0 bridgehead atoms. The Morgan fingerprint density at radius 2 is 2.20 bits per heavy atom.